The second-order valence-corrected chi connectivity index (χ2v) is 5.09. The Labute approximate surface area is 114 Å². The Morgan fingerprint density at radius 3 is 2.95 bits per heavy atom. The summed E-state index contributed by atoms with van der Waals surface area (Å²) < 4.78 is 14.8. The van der Waals surface area contributed by atoms with E-state index in [1.165, 1.54) is 23.9 Å². The molecule has 0 aliphatic heterocycles. The van der Waals surface area contributed by atoms with Crippen LogP contribution in [0.15, 0.2) is 35.4 Å². The fourth-order valence-corrected chi connectivity index (χ4v) is 2.47. The van der Waals surface area contributed by atoms with Crippen LogP contribution in [0.3, 0.4) is 0 Å². The SMILES string of the molecule is Cc1cc(SCC(=O)O)n(Cc2cccc(F)c2)n1. The molecular formula is C13H13FN2O2S. The molecular weight excluding hydrogens is 267 g/mol. The number of rotatable bonds is 5. The summed E-state index contributed by atoms with van der Waals surface area (Å²) in [5.41, 5.74) is 1.60. The number of aliphatic carboxylic acids is 1. The first-order valence-corrected chi connectivity index (χ1v) is 6.66. The molecule has 0 atom stereocenters. The smallest absolute Gasteiger partial charge is 0.313 e. The molecule has 0 unspecified atom stereocenters. The molecule has 0 amide bonds. The van der Waals surface area contributed by atoms with Gasteiger partial charge in [-0.25, -0.2) is 4.39 Å². The monoisotopic (exact) mass is 280 g/mol. The summed E-state index contributed by atoms with van der Waals surface area (Å²) in [6.45, 7) is 2.26. The second-order valence-electron chi connectivity index (χ2n) is 4.09. The third kappa shape index (κ3) is 3.82. The van der Waals surface area contributed by atoms with Gasteiger partial charge in [0, 0.05) is 0 Å². The molecule has 1 aromatic heterocycles. The van der Waals surface area contributed by atoms with Crippen LogP contribution < -0.4 is 0 Å². The Morgan fingerprint density at radius 2 is 2.26 bits per heavy atom. The number of nitrogens with zero attached hydrogens (tertiary/aromatic N) is 2. The normalized spacial score (nSPS) is 10.6. The van der Waals surface area contributed by atoms with Gasteiger partial charge in [0.1, 0.15) is 5.82 Å². The summed E-state index contributed by atoms with van der Waals surface area (Å²) >= 11 is 1.21. The maximum atomic E-state index is 13.1. The van der Waals surface area contributed by atoms with E-state index < -0.39 is 5.97 Å². The molecule has 2 rings (SSSR count). The molecule has 6 heteroatoms. The number of aryl methyl sites for hydroxylation is 1. The summed E-state index contributed by atoms with van der Waals surface area (Å²) in [5, 5.41) is 13.8. The largest absolute Gasteiger partial charge is 0.481 e. The molecule has 19 heavy (non-hydrogen) atoms. The van der Waals surface area contributed by atoms with Crippen molar-refractivity contribution in [3.05, 3.63) is 47.4 Å². The third-order valence-electron chi connectivity index (χ3n) is 2.43. The molecule has 1 N–H and O–H groups in total. The molecule has 0 fully saturated rings. The molecule has 0 saturated heterocycles. The number of carbonyl (C=O) groups is 1. The molecule has 4 nitrogen and oxygen atoms in total. The number of aromatic nitrogens is 2. The molecule has 1 heterocycles. The molecule has 0 bridgehead atoms. The minimum atomic E-state index is -0.874. The van der Waals surface area contributed by atoms with E-state index in [-0.39, 0.29) is 11.6 Å². The van der Waals surface area contributed by atoms with E-state index in [9.17, 15) is 9.18 Å². The van der Waals surface area contributed by atoms with Gasteiger partial charge in [0.2, 0.25) is 0 Å². The first-order valence-electron chi connectivity index (χ1n) is 5.68. The van der Waals surface area contributed by atoms with Crippen LogP contribution in [-0.4, -0.2) is 26.6 Å². The summed E-state index contributed by atoms with van der Waals surface area (Å²) in [5.74, 6) is -1.18. The minimum Gasteiger partial charge on any atom is -0.481 e. The fraction of sp³-hybridized carbons (Fsp3) is 0.231. The maximum absolute atomic E-state index is 13.1. The summed E-state index contributed by atoms with van der Waals surface area (Å²) in [6, 6.07) is 8.12. The van der Waals surface area contributed by atoms with E-state index in [0.29, 0.717) is 6.54 Å². The molecule has 0 spiro atoms. The Balaban J connectivity index is 2.17. The van der Waals surface area contributed by atoms with Crippen molar-refractivity contribution in [2.75, 3.05) is 5.75 Å². The van der Waals surface area contributed by atoms with Gasteiger partial charge in [0.25, 0.3) is 0 Å². The van der Waals surface area contributed by atoms with Crippen LogP contribution in [0, 0.1) is 12.7 Å². The van der Waals surface area contributed by atoms with Crippen LogP contribution in [0.25, 0.3) is 0 Å². The van der Waals surface area contributed by atoms with Crippen molar-refractivity contribution in [1.82, 2.24) is 9.78 Å². The predicted octanol–water partition coefficient (Wildman–Crippen LogP) is 2.56. The first kappa shape index (κ1) is 13.6. The van der Waals surface area contributed by atoms with Crippen molar-refractivity contribution in [3.63, 3.8) is 0 Å². The van der Waals surface area contributed by atoms with Gasteiger partial charge >= 0.3 is 5.97 Å². The van der Waals surface area contributed by atoms with Crippen molar-refractivity contribution in [1.29, 1.82) is 0 Å². The van der Waals surface area contributed by atoms with Gasteiger partial charge in [0.15, 0.2) is 0 Å². The molecule has 0 saturated carbocycles. The number of thioether (sulfide) groups is 1. The lowest BCUT2D eigenvalue weighted by atomic mass is 10.2. The van der Waals surface area contributed by atoms with E-state index in [2.05, 4.69) is 5.10 Å². The highest BCUT2D eigenvalue weighted by Gasteiger charge is 2.09. The molecule has 0 aliphatic rings. The first-order chi connectivity index (χ1) is 9.04. The van der Waals surface area contributed by atoms with Crippen LogP contribution in [0.5, 0.6) is 0 Å². The van der Waals surface area contributed by atoms with Crippen molar-refractivity contribution >= 4 is 17.7 Å². The van der Waals surface area contributed by atoms with Crippen LogP contribution in [0.2, 0.25) is 0 Å². The fourth-order valence-electron chi connectivity index (χ4n) is 1.70. The number of carboxylic acids is 1. The van der Waals surface area contributed by atoms with E-state index in [1.807, 2.05) is 19.1 Å². The molecule has 100 valence electrons. The predicted molar refractivity (Wildman–Crippen MR) is 70.8 cm³/mol. The zero-order valence-electron chi connectivity index (χ0n) is 10.3. The second kappa shape index (κ2) is 5.88. The number of hydrogen-bond donors (Lipinski definition) is 1. The van der Waals surface area contributed by atoms with Crippen LogP contribution in [0.4, 0.5) is 4.39 Å². The van der Waals surface area contributed by atoms with Gasteiger partial charge in [-0.3, -0.25) is 9.48 Å². The van der Waals surface area contributed by atoms with Crippen LogP contribution >= 0.6 is 11.8 Å². The van der Waals surface area contributed by atoms with E-state index >= 15 is 0 Å². The van der Waals surface area contributed by atoms with Crippen molar-refractivity contribution in [2.45, 2.75) is 18.5 Å². The number of carboxylic acid groups (broad SMARTS) is 1. The summed E-state index contributed by atoms with van der Waals surface area (Å²) in [4.78, 5) is 10.6. The maximum Gasteiger partial charge on any atom is 0.313 e. The van der Waals surface area contributed by atoms with Crippen molar-refractivity contribution < 1.29 is 14.3 Å². The van der Waals surface area contributed by atoms with Gasteiger partial charge in [-0.15, -0.1) is 0 Å². The number of hydrogen-bond acceptors (Lipinski definition) is 3. The van der Waals surface area contributed by atoms with Gasteiger partial charge in [-0.1, -0.05) is 23.9 Å². The van der Waals surface area contributed by atoms with Crippen molar-refractivity contribution in [2.24, 2.45) is 0 Å². The lowest BCUT2D eigenvalue weighted by Gasteiger charge is -2.06. The Bertz CT molecular complexity index is 598. The lowest BCUT2D eigenvalue weighted by Crippen LogP contribution is -2.05. The van der Waals surface area contributed by atoms with Crippen LogP contribution in [0.1, 0.15) is 11.3 Å². The zero-order valence-corrected chi connectivity index (χ0v) is 11.2. The summed E-state index contributed by atoms with van der Waals surface area (Å²) in [7, 11) is 0. The van der Waals surface area contributed by atoms with Crippen LogP contribution in [-0.2, 0) is 11.3 Å². The number of halogens is 1. The summed E-state index contributed by atoms with van der Waals surface area (Å²) in [6.07, 6.45) is 0. The van der Waals surface area contributed by atoms with Gasteiger partial charge in [-0.05, 0) is 30.7 Å². The third-order valence-corrected chi connectivity index (χ3v) is 3.45. The Hall–Kier alpha value is -1.82. The average Bonchev–Trinajstić information content (AvgIpc) is 2.67. The van der Waals surface area contributed by atoms with E-state index in [0.717, 1.165) is 16.3 Å². The van der Waals surface area contributed by atoms with Gasteiger partial charge < -0.3 is 5.11 Å². The quantitative estimate of drug-likeness (QED) is 0.855. The molecule has 1 aromatic carbocycles. The standard InChI is InChI=1S/C13H13FN2O2S/c1-9-5-12(19-8-13(17)18)16(15-9)7-10-3-2-4-11(14)6-10/h2-6H,7-8H2,1H3,(H,17,18). The van der Waals surface area contributed by atoms with E-state index in [4.69, 9.17) is 5.11 Å². The molecule has 0 aliphatic carbocycles. The Kier molecular flexibility index (Phi) is 4.21. The zero-order chi connectivity index (χ0) is 13.8. The van der Waals surface area contributed by atoms with Gasteiger partial charge in [-0.2, -0.15) is 5.10 Å². The highest BCUT2D eigenvalue weighted by molar-refractivity contribution is 7.99. The average molecular weight is 280 g/mol. The molecule has 2 aromatic rings. The van der Waals surface area contributed by atoms with Crippen molar-refractivity contribution in [3.8, 4) is 0 Å². The highest BCUT2D eigenvalue weighted by atomic mass is 32.2. The van der Waals surface area contributed by atoms with E-state index in [1.54, 1.807) is 10.7 Å². The highest BCUT2D eigenvalue weighted by Crippen LogP contribution is 2.20. The topological polar surface area (TPSA) is 55.1 Å². The minimum absolute atomic E-state index is 0.0196. The molecule has 0 radical (unpaired) electrons. The lowest BCUT2D eigenvalue weighted by molar-refractivity contribution is -0.133. The Morgan fingerprint density at radius 1 is 1.47 bits per heavy atom. The van der Waals surface area contributed by atoms with Gasteiger partial charge in [0.05, 0.1) is 23.0 Å². The number of benzene rings is 1.